The Morgan fingerprint density at radius 3 is 2.82 bits per heavy atom. The predicted molar refractivity (Wildman–Crippen MR) is 58.9 cm³/mol. The molecule has 2 aliphatic heterocycles. The number of amides is 3. The quantitative estimate of drug-likeness (QED) is 0.644. The molecule has 0 N–H and O–H groups in total. The highest BCUT2D eigenvalue weighted by atomic mass is 16.2. The van der Waals surface area contributed by atoms with Crippen LogP contribution in [0.3, 0.4) is 0 Å². The Labute approximate surface area is 98.9 Å². The lowest BCUT2D eigenvalue weighted by atomic mass is 10.1. The number of likely N-dealkylation sites (N-methyl/N-ethyl adjacent to an activating group) is 2. The first kappa shape index (κ1) is 11.4. The fourth-order valence-corrected chi connectivity index (χ4v) is 2.12. The molecule has 1 saturated heterocycles. The molecule has 0 aromatic carbocycles. The van der Waals surface area contributed by atoms with Gasteiger partial charge in [0.2, 0.25) is 0 Å². The number of fused-ring (bicyclic) bond motifs is 1. The van der Waals surface area contributed by atoms with Crippen LogP contribution in [0.25, 0.3) is 0 Å². The fraction of sp³-hybridized carbons (Fsp3) is 0.600. The number of imide groups is 1. The van der Waals surface area contributed by atoms with Gasteiger partial charge in [0.05, 0.1) is 18.8 Å². The summed E-state index contributed by atoms with van der Waals surface area (Å²) in [6.07, 6.45) is 1.49. The summed E-state index contributed by atoms with van der Waals surface area (Å²) in [4.78, 5) is 32.1. The number of nitrogens with zero attached hydrogens (tertiary/aromatic N) is 5. The van der Waals surface area contributed by atoms with Crippen LogP contribution in [0, 0.1) is 11.3 Å². The van der Waals surface area contributed by atoms with Crippen LogP contribution in [0.2, 0.25) is 0 Å². The highest BCUT2D eigenvalue weighted by molar-refractivity contribution is 6.01. The second kappa shape index (κ2) is 4.05. The summed E-state index contributed by atoms with van der Waals surface area (Å²) in [7, 11) is 3.09. The van der Waals surface area contributed by atoms with Crippen LogP contribution < -0.4 is 0 Å². The third-order valence-electron chi connectivity index (χ3n) is 3.05. The van der Waals surface area contributed by atoms with Gasteiger partial charge in [-0.3, -0.25) is 14.7 Å². The SMILES string of the molecule is CN1C(=O)[C@H]2N=CN(CCC#N)[C@H]2N(C)C1=O. The van der Waals surface area contributed by atoms with E-state index >= 15 is 0 Å². The van der Waals surface area contributed by atoms with E-state index in [-0.39, 0.29) is 18.1 Å². The average Bonchev–Trinajstić information content (AvgIpc) is 2.75. The molecule has 0 aromatic heterocycles. The van der Waals surface area contributed by atoms with E-state index in [0.29, 0.717) is 13.0 Å². The molecule has 0 aliphatic carbocycles. The number of hydrogen-bond donors (Lipinski definition) is 0. The van der Waals surface area contributed by atoms with Crippen molar-refractivity contribution in [3.8, 4) is 6.07 Å². The van der Waals surface area contributed by atoms with Gasteiger partial charge in [-0.2, -0.15) is 5.26 Å². The Kier molecular flexibility index (Phi) is 2.71. The Morgan fingerprint density at radius 2 is 2.18 bits per heavy atom. The number of urea groups is 1. The van der Waals surface area contributed by atoms with E-state index in [4.69, 9.17) is 5.26 Å². The van der Waals surface area contributed by atoms with Gasteiger partial charge in [0, 0.05) is 20.6 Å². The van der Waals surface area contributed by atoms with Crippen LogP contribution in [0.1, 0.15) is 6.42 Å². The van der Waals surface area contributed by atoms with Gasteiger partial charge in [-0.05, 0) is 0 Å². The molecule has 2 rings (SSSR count). The zero-order chi connectivity index (χ0) is 12.6. The molecule has 17 heavy (non-hydrogen) atoms. The van der Waals surface area contributed by atoms with Gasteiger partial charge >= 0.3 is 6.03 Å². The average molecular weight is 235 g/mol. The van der Waals surface area contributed by atoms with Gasteiger partial charge in [-0.15, -0.1) is 0 Å². The topological polar surface area (TPSA) is 80.0 Å². The van der Waals surface area contributed by atoms with Gasteiger partial charge in [0.15, 0.2) is 6.04 Å². The van der Waals surface area contributed by atoms with Crippen molar-refractivity contribution in [1.29, 1.82) is 5.26 Å². The molecule has 2 heterocycles. The number of carbonyl (C=O) groups is 2. The fourth-order valence-electron chi connectivity index (χ4n) is 2.12. The van der Waals surface area contributed by atoms with E-state index in [0.717, 1.165) is 4.90 Å². The van der Waals surface area contributed by atoms with E-state index in [1.54, 1.807) is 18.3 Å². The summed E-state index contributed by atoms with van der Waals surface area (Å²) in [6.45, 7) is 0.468. The molecule has 7 heteroatoms. The van der Waals surface area contributed by atoms with E-state index in [9.17, 15) is 9.59 Å². The molecule has 90 valence electrons. The van der Waals surface area contributed by atoms with Gasteiger partial charge in [0.25, 0.3) is 5.91 Å². The monoisotopic (exact) mass is 235 g/mol. The van der Waals surface area contributed by atoms with E-state index in [2.05, 4.69) is 4.99 Å². The lowest BCUT2D eigenvalue weighted by Gasteiger charge is -2.40. The highest BCUT2D eigenvalue weighted by Crippen LogP contribution is 2.24. The van der Waals surface area contributed by atoms with Crippen LogP contribution in [-0.2, 0) is 4.79 Å². The zero-order valence-corrected chi connectivity index (χ0v) is 9.70. The summed E-state index contributed by atoms with van der Waals surface area (Å²) in [5, 5.41) is 8.56. The Hall–Kier alpha value is -2.10. The Balaban J connectivity index is 2.21. The highest BCUT2D eigenvalue weighted by Gasteiger charge is 2.47. The van der Waals surface area contributed by atoms with Gasteiger partial charge in [-0.1, -0.05) is 0 Å². The number of aliphatic imine (C=N–C) groups is 1. The summed E-state index contributed by atoms with van der Waals surface area (Å²) >= 11 is 0. The van der Waals surface area contributed by atoms with E-state index < -0.39 is 6.04 Å². The Morgan fingerprint density at radius 1 is 1.47 bits per heavy atom. The first-order valence-electron chi connectivity index (χ1n) is 5.28. The van der Waals surface area contributed by atoms with Crippen LogP contribution in [-0.4, -0.2) is 65.8 Å². The molecule has 1 fully saturated rings. The maximum absolute atomic E-state index is 11.9. The molecule has 0 saturated carbocycles. The lowest BCUT2D eigenvalue weighted by Crippen LogP contribution is -2.64. The number of nitriles is 1. The van der Waals surface area contributed by atoms with E-state index in [1.165, 1.54) is 11.9 Å². The molecular formula is C10H13N5O2. The molecule has 0 unspecified atom stereocenters. The van der Waals surface area contributed by atoms with Crippen LogP contribution in [0.4, 0.5) is 4.79 Å². The third-order valence-corrected chi connectivity index (χ3v) is 3.05. The van der Waals surface area contributed by atoms with Gasteiger partial charge < -0.3 is 9.80 Å². The first-order valence-corrected chi connectivity index (χ1v) is 5.28. The molecule has 0 radical (unpaired) electrons. The normalized spacial score (nSPS) is 27.5. The first-order chi connectivity index (χ1) is 8.07. The maximum atomic E-state index is 11.9. The van der Waals surface area contributed by atoms with Crippen molar-refractivity contribution in [3.05, 3.63) is 0 Å². The lowest BCUT2D eigenvalue weighted by molar-refractivity contribution is -0.134. The van der Waals surface area contributed by atoms with Gasteiger partial charge in [-0.25, -0.2) is 4.79 Å². The van der Waals surface area contributed by atoms with Crippen LogP contribution in [0.5, 0.6) is 0 Å². The minimum Gasteiger partial charge on any atom is -0.339 e. The molecule has 0 bridgehead atoms. The maximum Gasteiger partial charge on any atom is 0.327 e. The predicted octanol–water partition coefficient (Wildman–Crippen LogP) is -0.538. The smallest absolute Gasteiger partial charge is 0.327 e. The molecule has 2 atom stereocenters. The summed E-state index contributed by atoms with van der Waals surface area (Å²) in [6, 6.07) is 1.12. The van der Waals surface area contributed by atoms with Gasteiger partial charge in [0.1, 0.15) is 6.17 Å². The van der Waals surface area contributed by atoms with Crippen molar-refractivity contribution in [2.75, 3.05) is 20.6 Å². The van der Waals surface area contributed by atoms with Crippen molar-refractivity contribution >= 4 is 18.3 Å². The molecule has 2 aliphatic rings. The molecule has 0 aromatic rings. The van der Waals surface area contributed by atoms with Crippen molar-refractivity contribution in [2.24, 2.45) is 4.99 Å². The minimum atomic E-state index is -0.568. The van der Waals surface area contributed by atoms with E-state index in [1.807, 2.05) is 6.07 Å². The van der Waals surface area contributed by atoms with Crippen molar-refractivity contribution in [1.82, 2.24) is 14.7 Å². The van der Waals surface area contributed by atoms with Crippen LogP contribution in [0.15, 0.2) is 4.99 Å². The third kappa shape index (κ3) is 1.62. The number of hydrogen-bond acceptors (Lipinski definition) is 5. The minimum absolute atomic E-state index is 0.297. The Bertz CT molecular complexity index is 427. The number of carbonyl (C=O) groups excluding carboxylic acids is 2. The number of rotatable bonds is 2. The molecule has 0 spiro atoms. The van der Waals surface area contributed by atoms with Crippen LogP contribution >= 0.6 is 0 Å². The van der Waals surface area contributed by atoms with Crippen molar-refractivity contribution in [3.63, 3.8) is 0 Å². The molecular weight excluding hydrogens is 222 g/mol. The summed E-state index contributed by atoms with van der Waals surface area (Å²) < 4.78 is 0. The van der Waals surface area contributed by atoms with Crippen molar-refractivity contribution < 1.29 is 9.59 Å². The summed E-state index contributed by atoms with van der Waals surface area (Å²) in [5.74, 6) is -0.297. The summed E-state index contributed by atoms with van der Waals surface area (Å²) in [5.41, 5.74) is 0. The largest absolute Gasteiger partial charge is 0.339 e. The second-order valence-electron chi connectivity index (χ2n) is 4.06. The molecule has 7 nitrogen and oxygen atoms in total. The zero-order valence-electron chi connectivity index (χ0n) is 9.70. The standard InChI is InChI=1S/C10H13N5O2/c1-13-8-7(9(16)14(2)10(13)17)12-6-15(8)5-3-4-11/h6-8H,3,5H2,1-2H3/t7-,8+/m0/s1. The van der Waals surface area contributed by atoms with Crippen molar-refractivity contribution in [2.45, 2.75) is 18.6 Å². The second-order valence-corrected chi connectivity index (χ2v) is 4.06. The molecule has 3 amide bonds.